The molecule has 6 heteroatoms. The van der Waals surface area contributed by atoms with Crippen LogP contribution in [0.25, 0.3) is 10.9 Å². The minimum absolute atomic E-state index is 0.206. The summed E-state index contributed by atoms with van der Waals surface area (Å²) in [5, 5.41) is 9.42. The van der Waals surface area contributed by atoms with E-state index in [1.807, 2.05) is 0 Å². The number of aromatic carboxylic acids is 1. The first-order valence-electron chi connectivity index (χ1n) is 4.77. The van der Waals surface area contributed by atoms with Crippen LogP contribution in [-0.2, 0) is 0 Å². The number of nitrogen functional groups attached to an aromatic ring is 1. The summed E-state index contributed by atoms with van der Waals surface area (Å²) in [5.41, 5.74) is 4.76. The van der Waals surface area contributed by atoms with E-state index in [0.717, 1.165) is 0 Å². The Kier molecular flexibility index (Phi) is 2.47. The minimum atomic E-state index is -1.24. The average Bonchev–Trinajstić information content (AvgIpc) is 2.29. The van der Waals surface area contributed by atoms with E-state index in [4.69, 9.17) is 15.6 Å². The number of carboxylic acid groups (broad SMARTS) is 1. The molecule has 17 heavy (non-hydrogen) atoms. The van der Waals surface area contributed by atoms with Gasteiger partial charge in [0.15, 0.2) is 0 Å². The summed E-state index contributed by atoms with van der Waals surface area (Å²) < 4.78 is 5.00. The van der Waals surface area contributed by atoms with E-state index in [0.29, 0.717) is 16.7 Å². The van der Waals surface area contributed by atoms with Gasteiger partial charge in [0.05, 0.1) is 12.7 Å². The number of hydrogen-bond acceptors (Lipinski definition) is 4. The molecule has 0 radical (unpaired) electrons. The van der Waals surface area contributed by atoms with E-state index in [1.54, 1.807) is 12.1 Å². The second-order valence-corrected chi connectivity index (χ2v) is 3.46. The van der Waals surface area contributed by atoms with Gasteiger partial charge in [0, 0.05) is 10.9 Å². The zero-order valence-corrected chi connectivity index (χ0v) is 8.98. The lowest BCUT2D eigenvalue weighted by molar-refractivity contribution is 0.0700. The van der Waals surface area contributed by atoms with Crippen LogP contribution in [0.15, 0.2) is 23.0 Å². The number of anilines is 1. The van der Waals surface area contributed by atoms with Gasteiger partial charge in [-0.15, -0.1) is 0 Å². The molecule has 1 aromatic heterocycles. The summed E-state index contributed by atoms with van der Waals surface area (Å²) in [7, 11) is 1.47. The SMILES string of the molecule is COc1ccc2[nH]c(=O)c(N)c(C(=O)O)c2c1. The fourth-order valence-electron chi connectivity index (χ4n) is 1.64. The van der Waals surface area contributed by atoms with E-state index in [9.17, 15) is 9.59 Å². The average molecular weight is 234 g/mol. The van der Waals surface area contributed by atoms with Crippen molar-refractivity contribution in [3.05, 3.63) is 34.1 Å². The van der Waals surface area contributed by atoms with Crippen LogP contribution >= 0.6 is 0 Å². The highest BCUT2D eigenvalue weighted by molar-refractivity contribution is 6.07. The van der Waals surface area contributed by atoms with Gasteiger partial charge in [0.25, 0.3) is 5.56 Å². The van der Waals surface area contributed by atoms with Crippen LogP contribution in [0.5, 0.6) is 5.75 Å². The molecule has 0 unspecified atom stereocenters. The maximum atomic E-state index is 11.4. The summed E-state index contributed by atoms with van der Waals surface area (Å²) in [6.07, 6.45) is 0. The van der Waals surface area contributed by atoms with Crippen LogP contribution in [0.2, 0.25) is 0 Å². The highest BCUT2D eigenvalue weighted by Crippen LogP contribution is 2.24. The highest BCUT2D eigenvalue weighted by Gasteiger charge is 2.16. The molecule has 0 saturated carbocycles. The molecule has 0 atom stereocenters. The zero-order chi connectivity index (χ0) is 12.6. The van der Waals surface area contributed by atoms with Crippen LogP contribution in [0.3, 0.4) is 0 Å². The molecule has 2 aromatic rings. The molecule has 0 aliphatic carbocycles. The quantitative estimate of drug-likeness (QED) is 0.713. The molecule has 1 heterocycles. The number of fused-ring (bicyclic) bond motifs is 1. The molecule has 0 fully saturated rings. The van der Waals surface area contributed by atoms with Gasteiger partial charge in [-0.2, -0.15) is 0 Å². The summed E-state index contributed by atoms with van der Waals surface area (Å²) >= 11 is 0. The minimum Gasteiger partial charge on any atom is -0.497 e. The molecule has 0 spiro atoms. The fraction of sp³-hybridized carbons (Fsp3) is 0.0909. The van der Waals surface area contributed by atoms with Crippen LogP contribution in [0.4, 0.5) is 5.69 Å². The van der Waals surface area contributed by atoms with Gasteiger partial charge in [-0.1, -0.05) is 0 Å². The van der Waals surface area contributed by atoms with Gasteiger partial charge in [0.2, 0.25) is 0 Å². The topological polar surface area (TPSA) is 105 Å². The number of benzene rings is 1. The molecule has 0 aliphatic heterocycles. The number of nitrogens with two attached hydrogens (primary N) is 1. The van der Waals surface area contributed by atoms with E-state index in [2.05, 4.69) is 4.98 Å². The third-order valence-electron chi connectivity index (χ3n) is 2.47. The lowest BCUT2D eigenvalue weighted by Crippen LogP contribution is -2.17. The molecule has 4 N–H and O–H groups in total. The van der Waals surface area contributed by atoms with Crippen molar-refractivity contribution in [2.75, 3.05) is 12.8 Å². The number of H-pyrrole nitrogens is 1. The van der Waals surface area contributed by atoms with Crippen molar-refractivity contribution in [3.8, 4) is 5.75 Å². The number of ether oxygens (including phenoxy) is 1. The van der Waals surface area contributed by atoms with E-state index >= 15 is 0 Å². The highest BCUT2D eigenvalue weighted by atomic mass is 16.5. The van der Waals surface area contributed by atoms with Crippen molar-refractivity contribution in [2.45, 2.75) is 0 Å². The number of aromatic nitrogens is 1. The maximum absolute atomic E-state index is 11.4. The second kappa shape index (κ2) is 3.82. The fourth-order valence-corrected chi connectivity index (χ4v) is 1.64. The summed E-state index contributed by atoms with van der Waals surface area (Å²) in [4.78, 5) is 25.1. The van der Waals surface area contributed by atoms with Crippen molar-refractivity contribution in [2.24, 2.45) is 0 Å². The van der Waals surface area contributed by atoms with Crippen LogP contribution in [0.1, 0.15) is 10.4 Å². The summed E-state index contributed by atoms with van der Waals surface area (Å²) in [5.74, 6) is -0.752. The van der Waals surface area contributed by atoms with Gasteiger partial charge >= 0.3 is 5.97 Å². The Morgan fingerprint density at radius 1 is 1.47 bits per heavy atom. The van der Waals surface area contributed by atoms with Gasteiger partial charge < -0.3 is 20.6 Å². The number of carboxylic acids is 1. The Labute approximate surface area is 95.6 Å². The second-order valence-electron chi connectivity index (χ2n) is 3.46. The Morgan fingerprint density at radius 3 is 2.76 bits per heavy atom. The van der Waals surface area contributed by atoms with Gasteiger partial charge in [-0.05, 0) is 18.2 Å². The van der Waals surface area contributed by atoms with Crippen molar-refractivity contribution >= 4 is 22.6 Å². The lowest BCUT2D eigenvalue weighted by atomic mass is 10.1. The number of carbonyl (C=O) groups is 1. The number of hydrogen-bond donors (Lipinski definition) is 3. The van der Waals surface area contributed by atoms with Crippen LogP contribution < -0.4 is 16.0 Å². The first-order chi connectivity index (χ1) is 8.04. The molecule has 0 amide bonds. The molecule has 0 aliphatic rings. The molecule has 0 saturated heterocycles. The summed E-state index contributed by atoms with van der Waals surface area (Å²) in [6, 6.07) is 4.71. The van der Waals surface area contributed by atoms with Crippen molar-refractivity contribution < 1.29 is 14.6 Å². The van der Waals surface area contributed by atoms with Crippen molar-refractivity contribution in [1.82, 2.24) is 4.98 Å². The number of aromatic amines is 1. The molecule has 2 rings (SSSR count). The van der Waals surface area contributed by atoms with Gasteiger partial charge in [-0.3, -0.25) is 4.79 Å². The Balaban J connectivity index is 2.94. The number of rotatable bonds is 2. The summed E-state index contributed by atoms with van der Waals surface area (Å²) in [6.45, 7) is 0. The first-order valence-corrected chi connectivity index (χ1v) is 4.77. The van der Waals surface area contributed by atoms with Crippen molar-refractivity contribution in [1.29, 1.82) is 0 Å². The Morgan fingerprint density at radius 2 is 2.18 bits per heavy atom. The zero-order valence-electron chi connectivity index (χ0n) is 8.98. The smallest absolute Gasteiger partial charge is 0.338 e. The van der Waals surface area contributed by atoms with Crippen molar-refractivity contribution in [3.63, 3.8) is 0 Å². The van der Waals surface area contributed by atoms with E-state index in [1.165, 1.54) is 13.2 Å². The van der Waals surface area contributed by atoms with E-state index < -0.39 is 11.5 Å². The predicted molar refractivity (Wildman–Crippen MR) is 62.5 cm³/mol. The predicted octanol–water partition coefficient (Wildman–Crippen LogP) is 0.817. The molecule has 1 aromatic carbocycles. The van der Waals surface area contributed by atoms with Crippen LogP contribution in [-0.4, -0.2) is 23.2 Å². The number of pyridine rings is 1. The largest absolute Gasteiger partial charge is 0.497 e. The van der Waals surface area contributed by atoms with Gasteiger partial charge in [0.1, 0.15) is 11.4 Å². The Hall–Kier alpha value is -2.50. The third kappa shape index (κ3) is 1.69. The molecule has 6 nitrogen and oxygen atoms in total. The lowest BCUT2D eigenvalue weighted by Gasteiger charge is -2.07. The third-order valence-corrected chi connectivity index (χ3v) is 2.47. The first kappa shape index (κ1) is 11.0. The monoisotopic (exact) mass is 234 g/mol. The maximum Gasteiger partial charge on any atom is 0.338 e. The van der Waals surface area contributed by atoms with E-state index in [-0.39, 0.29) is 11.3 Å². The number of methoxy groups -OCH3 is 1. The van der Waals surface area contributed by atoms with Gasteiger partial charge in [-0.25, -0.2) is 4.79 Å². The van der Waals surface area contributed by atoms with Crippen LogP contribution in [0, 0.1) is 0 Å². The molecular formula is C11H10N2O4. The molecular weight excluding hydrogens is 224 g/mol. The Bertz CT molecular complexity index is 660. The molecule has 88 valence electrons. The number of nitrogens with one attached hydrogen (secondary N) is 1. The normalized spacial score (nSPS) is 10.4. The standard InChI is InChI=1S/C11H10N2O4/c1-17-5-2-3-7-6(4-5)8(11(15)16)9(12)10(14)13-7/h2-4H,12H2,1H3,(H,13,14)(H,15,16). The molecule has 0 bridgehead atoms.